The molecule has 2 heterocycles. The quantitative estimate of drug-likeness (QED) is 0.667. The molecule has 1 unspecified atom stereocenters. The lowest BCUT2D eigenvalue weighted by atomic mass is 10.1. The first-order chi connectivity index (χ1) is 8.17. The van der Waals surface area contributed by atoms with Crippen LogP contribution in [-0.4, -0.2) is 16.9 Å². The molecular weight excluding hydrogens is 304 g/mol. The zero-order valence-electron chi connectivity index (χ0n) is 9.48. The summed E-state index contributed by atoms with van der Waals surface area (Å²) in [4.78, 5) is 1.10. The fourth-order valence-electron chi connectivity index (χ4n) is 1.69. The van der Waals surface area contributed by atoms with Gasteiger partial charge in [-0.15, -0.1) is 11.3 Å². The Labute approximate surface area is 112 Å². The van der Waals surface area contributed by atoms with E-state index in [9.17, 15) is 0 Å². The Morgan fingerprint density at radius 1 is 1.65 bits per heavy atom. The maximum absolute atomic E-state index is 5.64. The number of aromatic nitrogens is 2. The van der Waals surface area contributed by atoms with Crippen LogP contribution in [0.5, 0.6) is 5.75 Å². The van der Waals surface area contributed by atoms with Crippen LogP contribution in [0.1, 0.15) is 16.6 Å². The van der Waals surface area contributed by atoms with Crippen molar-refractivity contribution >= 4 is 27.3 Å². The normalized spacial score (nSPS) is 12.7. The summed E-state index contributed by atoms with van der Waals surface area (Å²) < 4.78 is 8.09. The molecule has 0 saturated carbocycles. The highest BCUT2D eigenvalue weighted by Crippen LogP contribution is 2.33. The molecule has 0 aromatic carbocycles. The Morgan fingerprint density at radius 3 is 2.94 bits per heavy atom. The molecule has 0 spiro atoms. The van der Waals surface area contributed by atoms with E-state index in [2.05, 4.69) is 26.5 Å². The highest BCUT2D eigenvalue weighted by molar-refractivity contribution is 9.10. The Morgan fingerprint density at radius 2 is 2.41 bits per heavy atom. The first-order valence-corrected chi connectivity index (χ1v) is 6.60. The standard InChI is InChI=1S/C10H13BrN4OS/c1-15-10(7(16-2)4-13-15)9(14-12)8-3-6(11)5-17-8/h3-5,9,14H,12H2,1-2H3. The lowest BCUT2D eigenvalue weighted by molar-refractivity contribution is 0.401. The Balaban J connectivity index is 2.44. The van der Waals surface area contributed by atoms with Gasteiger partial charge in [-0.3, -0.25) is 10.5 Å². The van der Waals surface area contributed by atoms with Crippen molar-refractivity contribution in [2.75, 3.05) is 7.11 Å². The molecule has 17 heavy (non-hydrogen) atoms. The summed E-state index contributed by atoms with van der Waals surface area (Å²) in [6.45, 7) is 0. The first-order valence-electron chi connectivity index (χ1n) is 4.93. The summed E-state index contributed by atoms with van der Waals surface area (Å²) >= 11 is 5.06. The van der Waals surface area contributed by atoms with Crippen molar-refractivity contribution in [1.29, 1.82) is 0 Å². The van der Waals surface area contributed by atoms with Gasteiger partial charge in [-0.25, -0.2) is 5.43 Å². The van der Waals surface area contributed by atoms with Gasteiger partial charge in [-0.2, -0.15) is 5.10 Å². The molecule has 0 aliphatic carbocycles. The molecule has 2 rings (SSSR count). The third-order valence-electron chi connectivity index (χ3n) is 2.48. The molecule has 0 fully saturated rings. The monoisotopic (exact) mass is 316 g/mol. The smallest absolute Gasteiger partial charge is 0.162 e. The second-order valence-corrected chi connectivity index (χ2v) is 5.35. The molecule has 5 nitrogen and oxygen atoms in total. The summed E-state index contributed by atoms with van der Waals surface area (Å²) in [6.07, 6.45) is 1.68. The number of thiophene rings is 1. The number of aryl methyl sites for hydroxylation is 1. The van der Waals surface area contributed by atoms with E-state index in [0.717, 1.165) is 20.8 Å². The number of ether oxygens (including phenoxy) is 1. The van der Waals surface area contributed by atoms with E-state index in [1.165, 1.54) is 0 Å². The predicted molar refractivity (Wildman–Crippen MR) is 70.9 cm³/mol. The largest absolute Gasteiger partial charge is 0.493 e. The number of methoxy groups -OCH3 is 1. The van der Waals surface area contributed by atoms with Gasteiger partial charge in [-0.1, -0.05) is 0 Å². The number of nitrogens with zero attached hydrogens (tertiary/aromatic N) is 2. The zero-order chi connectivity index (χ0) is 12.4. The molecule has 0 amide bonds. The Hall–Kier alpha value is -0.890. The number of halogens is 1. The molecular formula is C10H13BrN4OS. The molecule has 2 aromatic heterocycles. The molecule has 3 N–H and O–H groups in total. The van der Waals surface area contributed by atoms with Crippen molar-refractivity contribution in [3.8, 4) is 5.75 Å². The number of hydrogen-bond acceptors (Lipinski definition) is 5. The molecule has 1 atom stereocenters. The molecule has 2 aromatic rings. The van der Waals surface area contributed by atoms with Crippen LogP contribution in [0.4, 0.5) is 0 Å². The minimum atomic E-state index is -0.131. The van der Waals surface area contributed by atoms with Crippen molar-refractivity contribution in [1.82, 2.24) is 15.2 Å². The molecule has 0 radical (unpaired) electrons. The summed E-state index contributed by atoms with van der Waals surface area (Å²) in [5, 5.41) is 6.19. The number of hydrogen-bond donors (Lipinski definition) is 2. The highest BCUT2D eigenvalue weighted by atomic mass is 79.9. The van der Waals surface area contributed by atoms with Gasteiger partial charge in [0.2, 0.25) is 0 Å². The summed E-state index contributed by atoms with van der Waals surface area (Å²) in [7, 11) is 3.49. The van der Waals surface area contributed by atoms with E-state index in [-0.39, 0.29) is 6.04 Å². The number of rotatable bonds is 4. The molecule has 92 valence electrons. The minimum Gasteiger partial charge on any atom is -0.493 e. The molecule has 0 bridgehead atoms. The molecule has 7 heteroatoms. The van der Waals surface area contributed by atoms with Gasteiger partial charge in [-0.05, 0) is 22.0 Å². The van der Waals surface area contributed by atoms with Crippen molar-refractivity contribution in [2.45, 2.75) is 6.04 Å². The topological polar surface area (TPSA) is 65.1 Å². The number of hydrazine groups is 1. The van der Waals surface area contributed by atoms with Gasteiger partial charge < -0.3 is 4.74 Å². The predicted octanol–water partition coefficient (Wildman–Crippen LogP) is 1.81. The first kappa shape index (κ1) is 12.6. The maximum atomic E-state index is 5.64. The van der Waals surface area contributed by atoms with E-state index in [4.69, 9.17) is 10.6 Å². The number of nitrogens with two attached hydrogens (primary N) is 1. The summed E-state index contributed by atoms with van der Waals surface area (Å²) in [5.41, 5.74) is 3.71. The molecule has 0 saturated heterocycles. The van der Waals surface area contributed by atoms with Crippen molar-refractivity contribution in [3.05, 3.63) is 32.7 Å². The molecule has 0 aliphatic rings. The lowest BCUT2D eigenvalue weighted by Crippen LogP contribution is -2.30. The SMILES string of the molecule is COc1cnn(C)c1C(NN)c1cc(Br)cs1. The fraction of sp³-hybridized carbons (Fsp3) is 0.300. The lowest BCUT2D eigenvalue weighted by Gasteiger charge is -2.16. The van der Waals surface area contributed by atoms with Gasteiger partial charge in [0.15, 0.2) is 5.75 Å². The van der Waals surface area contributed by atoms with E-state index in [1.807, 2.05) is 18.5 Å². The van der Waals surface area contributed by atoms with Crippen LogP contribution in [0, 0.1) is 0 Å². The van der Waals surface area contributed by atoms with Crippen molar-refractivity contribution in [2.24, 2.45) is 12.9 Å². The number of nitrogens with one attached hydrogen (secondary N) is 1. The average Bonchev–Trinajstić information content (AvgIpc) is 2.89. The van der Waals surface area contributed by atoms with Gasteiger partial charge in [0.25, 0.3) is 0 Å². The van der Waals surface area contributed by atoms with Gasteiger partial charge in [0, 0.05) is 21.8 Å². The fourth-order valence-corrected chi connectivity index (χ4v) is 3.19. The van der Waals surface area contributed by atoms with E-state index in [1.54, 1.807) is 29.3 Å². The van der Waals surface area contributed by atoms with Crippen LogP contribution >= 0.6 is 27.3 Å². The molecule has 0 aliphatic heterocycles. The summed E-state index contributed by atoms with van der Waals surface area (Å²) in [6, 6.07) is 1.90. The van der Waals surface area contributed by atoms with Crippen molar-refractivity contribution < 1.29 is 4.74 Å². The van der Waals surface area contributed by atoms with Crippen LogP contribution in [0.15, 0.2) is 22.1 Å². The second-order valence-electron chi connectivity index (χ2n) is 3.49. The third kappa shape index (κ3) is 2.37. The second kappa shape index (κ2) is 5.18. The van der Waals surface area contributed by atoms with Gasteiger partial charge in [0.1, 0.15) is 11.7 Å². The van der Waals surface area contributed by atoms with Gasteiger partial charge >= 0.3 is 0 Å². The van der Waals surface area contributed by atoms with Crippen LogP contribution in [0.3, 0.4) is 0 Å². The van der Waals surface area contributed by atoms with Crippen LogP contribution in [-0.2, 0) is 7.05 Å². The van der Waals surface area contributed by atoms with E-state index < -0.39 is 0 Å². The average molecular weight is 317 g/mol. The van der Waals surface area contributed by atoms with Crippen LogP contribution in [0.25, 0.3) is 0 Å². The highest BCUT2D eigenvalue weighted by Gasteiger charge is 2.22. The Kier molecular flexibility index (Phi) is 3.82. The van der Waals surface area contributed by atoms with E-state index >= 15 is 0 Å². The minimum absolute atomic E-state index is 0.131. The summed E-state index contributed by atoms with van der Waals surface area (Å²) in [5.74, 6) is 6.36. The van der Waals surface area contributed by atoms with E-state index in [0.29, 0.717) is 0 Å². The Bertz CT molecular complexity index is 510. The van der Waals surface area contributed by atoms with Gasteiger partial charge in [0.05, 0.1) is 13.3 Å². The maximum Gasteiger partial charge on any atom is 0.162 e. The third-order valence-corrected chi connectivity index (χ3v) is 4.24. The van der Waals surface area contributed by atoms with Crippen molar-refractivity contribution in [3.63, 3.8) is 0 Å². The van der Waals surface area contributed by atoms with Crippen LogP contribution < -0.4 is 16.0 Å². The van der Waals surface area contributed by atoms with Crippen LogP contribution in [0.2, 0.25) is 0 Å². The zero-order valence-corrected chi connectivity index (χ0v) is 11.9.